The molecule has 18 heavy (non-hydrogen) atoms. The fourth-order valence-electron chi connectivity index (χ4n) is 4.46. The molecular weight excluding hydrogens is 232 g/mol. The van der Waals surface area contributed by atoms with Crippen molar-refractivity contribution in [1.29, 1.82) is 0 Å². The summed E-state index contributed by atoms with van der Waals surface area (Å²) in [7, 11) is 0. The Balaban J connectivity index is 1.83. The first-order valence-corrected chi connectivity index (χ1v) is 7.25. The zero-order chi connectivity index (χ0) is 12.9. The fourth-order valence-corrected chi connectivity index (χ4v) is 4.46. The van der Waals surface area contributed by atoms with Crippen molar-refractivity contribution in [2.24, 2.45) is 17.8 Å². The average molecular weight is 256 g/mol. The van der Waals surface area contributed by atoms with Crippen LogP contribution >= 0.6 is 0 Å². The van der Waals surface area contributed by atoms with Crippen molar-refractivity contribution in [2.75, 3.05) is 0 Å². The van der Waals surface area contributed by atoms with Gasteiger partial charge in [-0.2, -0.15) is 0 Å². The van der Waals surface area contributed by atoms with Gasteiger partial charge >= 0.3 is 0 Å². The first-order chi connectivity index (χ1) is 8.48. The van der Waals surface area contributed by atoms with Crippen molar-refractivity contribution in [1.82, 2.24) is 0 Å². The smallest absolute Gasteiger partial charge is 0.0652 e. The second-order valence-electron chi connectivity index (χ2n) is 6.79. The molecule has 6 unspecified atom stereocenters. The second-order valence-corrected chi connectivity index (χ2v) is 6.79. The summed E-state index contributed by atoms with van der Waals surface area (Å²) in [6.07, 6.45) is 3.26. The fraction of sp³-hybridized carbons (Fsp3) is 1.00. The van der Waals surface area contributed by atoms with E-state index in [4.69, 9.17) is 0 Å². The largest absolute Gasteiger partial charge is 0.393 e. The van der Waals surface area contributed by atoms with Crippen molar-refractivity contribution in [3.63, 3.8) is 0 Å². The molecule has 0 aliphatic heterocycles. The maximum Gasteiger partial charge on any atom is 0.0652 e. The highest BCUT2D eigenvalue weighted by Gasteiger charge is 2.48. The highest BCUT2D eigenvalue weighted by molar-refractivity contribution is 4.99. The molecule has 0 spiro atoms. The van der Waals surface area contributed by atoms with Gasteiger partial charge in [0.1, 0.15) is 0 Å². The normalized spacial score (nSPS) is 56.7. The van der Waals surface area contributed by atoms with Crippen molar-refractivity contribution < 1.29 is 20.4 Å². The molecule has 0 aromatic heterocycles. The molecule has 7 atom stereocenters. The summed E-state index contributed by atoms with van der Waals surface area (Å²) >= 11 is 0. The maximum atomic E-state index is 10.5. The average Bonchev–Trinajstić information content (AvgIpc) is 2.89. The molecule has 4 bridgehead atoms. The molecule has 3 fully saturated rings. The summed E-state index contributed by atoms with van der Waals surface area (Å²) < 4.78 is 0. The number of fused-ring (bicyclic) bond motifs is 4. The quantitative estimate of drug-likeness (QED) is 0.506. The first kappa shape index (κ1) is 12.9. The lowest BCUT2D eigenvalue weighted by molar-refractivity contribution is -0.0217. The third kappa shape index (κ3) is 2.09. The van der Waals surface area contributed by atoms with E-state index in [2.05, 4.69) is 0 Å². The van der Waals surface area contributed by atoms with Gasteiger partial charge in [0.2, 0.25) is 0 Å². The number of rotatable bonds is 0. The van der Waals surface area contributed by atoms with Gasteiger partial charge in [0, 0.05) is 5.92 Å². The minimum atomic E-state index is -0.700. The van der Waals surface area contributed by atoms with Gasteiger partial charge in [0.15, 0.2) is 0 Å². The Morgan fingerprint density at radius 2 is 1.56 bits per heavy atom. The SMILES string of the molecule is OC1CCC2(O)CCC(C2)C(O)[C@@H]2CC(O)C1C2. The van der Waals surface area contributed by atoms with Crippen molar-refractivity contribution in [3.8, 4) is 0 Å². The van der Waals surface area contributed by atoms with E-state index in [0.29, 0.717) is 25.7 Å². The predicted molar refractivity (Wildman–Crippen MR) is 65.8 cm³/mol. The van der Waals surface area contributed by atoms with Crippen molar-refractivity contribution in [3.05, 3.63) is 0 Å². The predicted octanol–water partition coefficient (Wildman–Crippen LogP) is 0.420. The zero-order valence-corrected chi connectivity index (χ0v) is 10.7. The van der Waals surface area contributed by atoms with Crippen LogP contribution < -0.4 is 0 Å². The van der Waals surface area contributed by atoms with Crippen LogP contribution in [0.5, 0.6) is 0 Å². The molecule has 3 saturated carbocycles. The summed E-state index contributed by atoms with van der Waals surface area (Å²) in [6.45, 7) is 0. The van der Waals surface area contributed by atoms with Gasteiger partial charge in [-0.25, -0.2) is 0 Å². The molecular formula is C14H24O4. The van der Waals surface area contributed by atoms with Gasteiger partial charge in [-0.15, -0.1) is 0 Å². The van der Waals surface area contributed by atoms with Crippen LogP contribution in [0.1, 0.15) is 44.9 Å². The molecule has 4 N–H and O–H groups in total. The van der Waals surface area contributed by atoms with Gasteiger partial charge in [0.05, 0.1) is 23.9 Å². The van der Waals surface area contributed by atoms with Crippen LogP contribution in [0.4, 0.5) is 0 Å². The third-order valence-electron chi connectivity index (χ3n) is 5.60. The Kier molecular flexibility index (Phi) is 3.17. The number of aliphatic hydroxyl groups is 4. The number of aliphatic hydroxyl groups excluding tert-OH is 3. The summed E-state index contributed by atoms with van der Waals surface area (Å²) in [5.74, 6) is 0.136. The summed E-state index contributed by atoms with van der Waals surface area (Å²) in [5.41, 5.74) is -0.700. The molecule has 0 aromatic carbocycles. The van der Waals surface area contributed by atoms with Crippen LogP contribution in [0.3, 0.4) is 0 Å². The number of hydrogen-bond acceptors (Lipinski definition) is 4. The van der Waals surface area contributed by atoms with Gasteiger partial charge in [0.25, 0.3) is 0 Å². The van der Waals surface area contributed by atoms with Crippen molar-refractivity contribution in [2.45, 2.75) is 68.9 Å². The van der Waals surface area contributed by atoms with Crippen LogP contribution in [-0.4, -0.2) is 44.3 Å². The van der Waals surface area contributed by atoms with E-state index in [-0.39, 0.29) is 17.8 Å². The Hall–Kier alpha value is -0.160. The molecule has 3 aliphatic carbocycles. The van der Waals surface area contributed by atoms with Gasteiger partial charge in [-0.05, 0) is 56.8 Å². The lowest BCUT2D eigenvalue weighted by Gasteiger charge is -2.30. The molecule has 0 aromatic rings. The molecule has 0 heterocycles. The van der Waals surface area contributed by atoms with Crippen LogP contribution in [-0.2, 0) is 0 Å². The first-order valence-electron chi connectivity index (χ1n) is 7.25. The number of hydrogen-bond donors (Lipinski definition) is 4. The molecule has 104 valence electrons. The topological polar surface area (TPSA) is 80.9 Å². The lowest BCUT2D eigenvalue weighted by Crippen LogP contribution is -2.34. The van der Waals surface area contributed by atoms with Crippen LogP contribution in [0.25, 0.3) is 0 Å². The lowest BCUT2D eigenvalue weighted by atomic mass is 9.82. The van der Waals surface area contributed by atoms with E-state index >= 15 is 0 Å². The summed E-state index contributed by atoms with van der Waals surface area (Å²) in [5, 5.41) is 41.1. The molecule has 4 nitrogen and oxygen atoms in total. The molecule has 0 radical (unpaired) electrons. The van der Waals surface area contributed by atoms with Crippen molar-refractivity contribution >= 4 is 0 Å². The Bertz CT molecular complexity index is 321. The summed E-state index contributed by atoms with van der Waals surface area (Å²) in [6, 6.07) is 0. The van der Waals surface area contributed by atoms with Gasteiger partial charge in [-0.3, -0.25) is 0 Å². The van der Waals surface area contributed by atoms with E-state index in [1.165, 1.54) is 0 Å². The molecule has 4 heteroatoms. The molecule has 0 saturated heterocycles. The Morgan fingerprint density at radius 3 is 2.33 bits per heavy atom. The van der Waals surface area contributed by atoms with E-state index < -0.39 is 23.9 Å². The Morgan fingerprint density at radius 1 is 0.833 bits per heavy atom. The highest BCUT2D eigenvalue weighted by atomic mass is 16.3. The molecule has 0 amide bonds. The van der Waals surface area contributed by atoms with E-state index in [1.807, 2.05) is 0 Å². The monoisotopic (exact) mass is 256 g/mol. The molecule has 3 aliphatic rings. The highest BCUT2D eigenvalue weighted by Crippen LogP contribution is 2.47. The second kappa shape index (κ2) is 4.44. The Labute approximate surface area is 108 Å². The van der Waals surface area contributed by atoms with E-state index in [0.717, 1.165) is 19.3 Å². The summed E-state index contributed by atoms with van der Waals surface area (Å²) in [4.78, 5) is 0. The maximum absolute atomic E-state index is 10.5. The third-order valence-corrected chi connectivity index (χ3v) is 5.60. The standard InChI is InChI=1S/C14H24O4/c15-11-2-4-14(18)3-1-8(7-14)13(17)9-5-10(11)12(16)6-9/h8-13,15-18H,1-7H2/t8?,9-,10?,11?,12?,13?,14?/m0/s1. The van der Waals surface area contributed by atoms with Gasteiger partial charge in [-0.1, -0.05) is 0 Å². The van der Waals surface area contributed by atoms with Crippen LogP contribution in [0.15, 0.2) is 0 Å². The van der Waals surface area contributed by atoms with E-state index in [9.17, 15) is 20.4 Å². The van der Waals surface area contributed by atoms with E-state index in [1.54, 1.807) is 0 Å². The van der Waals surface area contributed by atoms with Gasteiger partial charge < -0.3 is 20.4 Å². The minimum absolute atomic E-state index is 0.0881. The van der Waals surface area contributed by atoms with Crippen LogP contribution in [0, 0.1) is 17.8 Å². The molecule has 3 rings (SSSR count). The van der Waals surface area contributed by atoms with Crippen LogP contribution in [0.2, 0.25) is 0 Å². The minimum Gasteiger partial charge on any atom is -0.393 e. The zero-order valence-electron chi connectivity index (χ0n) is 10.7.